The third-order valence-corrected chi connectivity index (χ3v) is 3.49. The first-order chi connectivity index (χ1) is 10.0. The second-order valence-corrected chi connectivity index (χ2v) is 5.37. The fourth-order valence-corrected chi connectivity index (χ4v) is 2.18. The van der Waals surface area contributed by atoms with Crippen molar-refractivity contribution in [3.05, 3.63) is 47.8 Å². The van der Waals surface area contributed by atoms with Crippen LogP contribution < -0.4 is 10.6 Å². The Morgan fingerprint density at radius 1 is 1.33 bits per heavy atom. The molecule has 1 aromatic heterocycles. The van der Waals surface area contributed by atoms with Crippen molar-refractivity contribution in [2.45, 2.75) is 39.8 Å². The number of aromatic nitrogens is 2. The number of aryl methyl sites for hydroxylation is 1. The van der Waals surface area contributed by atoms with Crippen LogP contribution in [0.2, 0.25) is 0 Å². The molecule has 0 fully saturated rings. The molecule has 0 aliphatic rings. The number of carbonyl (C=O) groups excluding carboxylic acids is 1. The van der Waals surface area contributed by atoms with Gasteiger partial charge in [-0.25, -0.2) is 4.79 Å². The van der Waals surface area contributed by atoms with Crippen molar-refractivity contribution in [1.82, 2.24) is 9.78 Å². The summed E-state index contributed by atoms with van der Waals surface area (Å²) in [4.78, 5) is 13.3. The first-order valence-electron chi connectivity index (χ1n) is 7.19. The van der Waals surface area contributed by atoms with E-state index in [4.69, 9.17) is 5.73 Å². The third-order valence-electron chi connectivity index (χ3n) is 3.49. The van der Waals surface area contributed by atoms with Crippen LogP contribution in [0.1, 0.15) is 37.8 Å². The Morgan fingerprint density at radius 2 is 2.00 bits per heavy atom. The van der Waals surface area contributed by atoms with Gasteiger partial charge in [0.2, 0.25) is 0 Å². The summed E-state index contributed by atoms with van der Waals surface area (Å²) in [5.74, 6) is 0.462. The minimum absolute atomic E-state index is 0.427. The van der Waals surface area contributed by atoms with Gasteiger partial charge in [-0.2, -0.15) is 5.10 Å². The van der Waals surface area contributed by atoms with Crippen LogP contribution in [0.4, 0.5) is 10.5 Å². The predicted molar refractivity (Wildman–Crippen MR) is 84.2 cm³/mol. The molecule has 112 valence electrons. The first-order valence-corrected chi connectivity index (χ1v) is 7.19. The van der Waals surface area contributed by atoms with Gasteiger partial charge in [-0.1, -0.05) is 26.0 Å². The van der Waals surface area contributed by atoms with Crippen molar-refractivity contribution >= 4 is 11.7 Å². The molecule has 0 saturated heterocycles. The quantitative estimate of drug-likeness (QED) is 0.917. The number of nitrogens with two attached hydrogens (primary N) is 1. The monoisotopic (exact) mass is 286 g/mol. The van der Waals surface area contributed by atoms with Crippen LogP contribution in [0.25, 0.3) is 0 Å². The van der Waals surface area contributed by atoms with E-state index in [0.29, 0.717) is 12.5 Å². The molecular weight excluding hydrogens is 264 g/mol. The number of rotatable bonds is 5. The summed E-state index contributed by atoms with van der Waals surface area (Å²) in [5.41, 5.74) is 8.52. The molecule has 0 spiro atoms. The van der Waals surface area contributed by atoms with Gasteiger partial charge in [0.05, 0.1) is 12.7 Å². The number of hydrogen-bond donors (Lipinski definition) is 1. The normalized spacial score (nSPS) is 10.9. The molecule has 5 heteroatoms. The molecule has 0 aliphatic heterocycles. The van der Waals surface area contributed by atoms with Gasteiger partial charge in [-0.05, 0) is 30.5 Å². The van der Waals surface area contributed by atoms with Gasteiger partial charge in [0.15, 0.2) is 0 Å². The largest absolute Gasteiger partial charge is 0.351 e. The fraction of sp³-hybridized carbons (Fsp3) is 0.375. The lowest BCUT2D eigenvalue weighted by atomic mass is 10.0. The molecule has 5 nitrogen and oxygen atoms in total. The van der Waals surface area contributed by atoms with Crippen molar-refractivity contribution in [2.24, 2.45) is 5.73 Å². The molecule has 2 rings (SSSR count). The van der Waals surface area contributed by atoms with Crippen molar-refractivity contribution < 1.29 is 4.79 Å². The van der Waals surface area contributed by atoms with E-state index in [9.17, 15) is 4.79 Å². The molecule has 21 heavy (non-hydrogen) atoms. The van der Waals surface area contributed by atoms with Crippen molar-refractivity contribution in [1.29, 1.82) is 0 Å². The predicted octanol–water partition coefficient (Wildman–Crippen LogP) is 3.11. The molecule has 1 aromatic carbocycles. The lowest BCUT2D eigenvalue weighted by molar-refractivity contribution is 0.253. The topological polar surface area (TPSA) is 64.2 Å². The molecule has 0 bridgehead atoms. The Balaban J connectivity index is 2.20. The molecule has 0 radical (unpaired) electrons. The zero-order valence-corrected chi connectivity index (χ0v) is 12.8. The first kappa shape index (κ1) is 15.1. The van der Waals surface area contributed by atoms with Gasteiger partial charge < -0.3 is 5.73 Å². The van der Waals surface area contributed by atoms with Crippen LogP contribution in [0.15, 0.2) is 36.7 Å². The summed E-state index contributed by atoms with van der Waals surface area (Å²) in [7, 11) is 0. The van der Waals surface area contributed by atoms with Gasteiger partial charge in [-0.3, -0.25) is 9.58 Å². The minimum atomic E-state index is -0.462. The van der Waals surface area contributed by atoms with Crippen LogP contribution in [0, 0.1) is 0 Å². The summed E-state index contributed by atoms with van der Waals surface area (Å²) >= 11 is 0. The van der Waals surface area contributed by atoms with E-state index in [1.54, 1.807) is 11.1 Å². The van der Waals surface area contributed by atoms with E-state index in [0.717, 1.165) is 17.8 Å². The lowest BCUT2D eigenvalue weighted by Gasteiger charge is -2.20. The highest BCUT2D eigenvalue weighted by Gasteiger charge is 2.14. The van der Waals surface area contributed by atoms with E-state index in [1.165, 1.54) is 5.56 Å². The van der Waals surface area contributed by atoms with Crippen LogP contribution in [0.5, 0.6) is 0 Å². The fourth-order valence-electron chi connectivity index (χ4n) is 2.18. The molecule has 0 saturated carbocycles. The molecule has 0 atom stereocenters. The van der Waals surface area contributed by atoms with Crippen LogP contribution in [-0.4, -0.2) is 15.8 Å². The highest BCUT2D eigenvalue weighted by molar-refractivity contribution is 5.90. The molecule has 2 amide bonds. The summed E-state index contributed by atoms with van der Waals surface area (Å²) in [6.45, 7) is 7.53. The number of primary amides is 1. The van der Waals surface area contributed by atoms with E-state index in [1.807, 2.05) is 42.1 Å². The number of carbonyl (C=O) groups is 1. The van der Waals surface area contributed by atoms with E-state index in [-0.39, 0.29) is 0 Å². The van der Waals surface area contributed by atoms with E-state index in [2.05, 4.69) is 18.9 Å². The van der Waals surface area contributed by atoms with E-state index < -0.39 is 6.03 Å². The standard InChI is InChI=1S/C16H22N4O/c1-4-19-10-13(9-18-19)11-20(16(17)21)15-7-5-14(6-8-15)12(2)3/h5-10,12H,4,11H2,1-3H3,(H2,17,21). The zero-order chi connectivity index (χ0) is 15.4. The van der Waals surface area contributed by atoms with Crippen LogP contribution in [-0.2, 0) is 13.1 Å². The summed E-state index contributed by atoms with van der Waals surface area (Å²) in [6, 6.07) is 7.47. The smallest absolute Gasteiger partial charge is 0.319 e. The Labute approximate surface area is 125 Å². The highest BCUT2D eigenvalue weighted by atomic mass is 16.2. The highest BCUT2D eigenvalue weighted by Crippen LogP contribution is 2.21. The van der Waals surface area contributed by atoms with Gasteiger partial charge in [0.25, 0.3) is 0 Å². The van der Waals surface area contributed by atoms with Crippen molar-refractivity contribution in [3.63, 3.8) is 0 Å². The second-order valence-electron chi connectivity index (χ2n) is 5.37. The maximum Gasteiger partial charge on any atom is 0.319 e. The van der Waals surface area contributed by atoms with Gasteiger partial charge in [-0.15, -0.1) is 0 Å². The summed E-state index contributed by atoms with van der Waals surface area (Å²) in [5, 5.41) is 4.22. The summed E-state index contributed by atoms with van der Waals surface area (Å²) in [6.07, 6.45) is 3.69. The molecule has 0 aliphatic carbocycles. The average Bonchev–Trinajstić information content (AvgIpc) is 2.92. The Morgan fingerprint density at radius 3 is 2.48 bits per heavy atom. The third kappa shape index (κ3) is 3.62. The number of amides is 2. The van der Waals surface area contributed by atoms with Crippen LogP contribution >= 0.6 is 0 Å². The van der Waals surface area contributed by atoms with Gasteiger partial charge in [0, 0.05) is 24.0 Å². The maximum atomic E-state index is 11.7. The number of hydrogen-bond acceptors (Lipinski definition) is 2. The molecule has 2 aromatic rings. The molecule has 1 heterocycles. The van der Waals surface area contributed by atoms with Crippen molar-refractivity contribution in [2.75, 3.05) is 4.90 Å². The molecule has 0 unspecified atom stereocenters. The second kappa shape index (κ2) is 6.43. The SMILES string of the molecule is CCn1cc(CN(C(N)=O)c2ccc(C(C)C)cc2)cn1. The lowest BCUT2D eigenvalue weighted by Crippen LogP contribution is -2.35. The number of nitrogens with zero attached hydrogens (tertiary/aromatic N) is 3. The molecule has 2 N–H and O–H groups in total. The van der Waals surface area contributed by atoms with E-state index >= 15 is 0 Å². The maximum absolute atomic E-state index is 11.7. The number of urea groups is 1. The van der Waals surface area contributed by atoms with Crippen molar-refractivity contribution in [3.8, 4) is 0 Å². The van der Waals surface area contributed by atoms with Gasteiger partial charge in [0.1, 0.15) is 0 Å². The van der Waals surface area contributed by atoms with Gasteiger partial charge >= 0.3 is 6.03 Å². The Kier molecular flexibility index (Phi) is 4.62. The van der Waals surface area contributed by atoms with Crippen LogP contribution in [0.3, 0.4) is 0 Å². The zero-order valence-electron chi connectivity index (χ0n) is 12.8. The minimum Gasteiger partial charge on any atom is -0.351 e. The molecular formula is C16H22N4O. The number of anilines is 1. The Bertz CT molecular complexity index is 601. The Hall–Kier alpha value is -2.30. The summed E-state index contributed by atoms with van der Waals surface area (Å²) < 4.78 is 1.83. The average molecular weight is 286 g/mol. The number of benzene rings is 1.